The van der Waals surface area contributed by atoms with Gasteiger partial charge in [0.2, 0.25) is 0 Å². The van der Waals surface area contributed by atoms with Crippen LogP contribution in [0.2, 0.25) is 0 Å². The van der Waals surface area contributed by atoms with Crippen LogP contribution in [0.15, 0.2) is 0 Å². The first kappa shape index (κ1) is 18.9. The minimum Gasteiger partial charge on any atom is -0.315 e. The lowest BCUT2D eigenvalue weighted by atomic mass is 10.3. The van der Waals surface area contributed by atoms with E-state index in [1.54, 1.807) is 0 Å². The van der Waals surface area contributed by atoms with Crippen LogP contribution >= 0.6 is 0 Å². The highest BCUT2D eigenvalue weighted by Crippen LogP contribution is 1.94. The van der Waals surface area contributed by atoms with Crippen molar-refractivity contribution in [1.29, 1.82) is 0 Å². The zero-order valence-electron chi connectivity index (χ0n) is 13.6. The molecular weight excluding hydrogens is 234 g/mol. The molecule has 0 radical (unpaired) electrons. The molecule has 3 heteroatoms. The fourth-order valence-corrected chi connectivity index (χ4v) is 2.05. The number of hydrogen-bond acceptors (Lipinski definition) is 3. The van der Waals surface area contributed by atoms with E-state index in [-0.39, 0.29) is 0 Å². The van der Waals surface area contributed by atoms with Crippen molar-refractivity contribution in [2.24, 2.45) is 0 Å². The molecule has 0 amide bonds. The summed E-state index contributed by atoms with van der Waals surface area (Å²) in [6.07, 6.45) is 7.79. The Balaban J connectivity index is 3.57. The van der Waals surface area contributed by atoms with E-state index in [0.29, 0.717) is 0 Å². The van der Waals surface area contributed by atoms with Crippen molar-refractivity contribution in [3.05, 3.63) is 0 Å². The van der Waals surface area contributed by atoms with Crippen LogP contribution in [0.4, 0.5) is 0 Å². The molecule has 0 atom stereocenters. The maximum Gasteiger partial charge on any atom is 0.0107 e. The van der Waals surface area contributed by atoms with Crippen LogP contribution in [0.5, 0.6) is 0 Å². The van der Waals surface area contributed by atoms with Crippen LogP contribution in [0, 0.1) is 0 Å². The maximum atomic E-state index is 3.54. The van der Waals surface area contributed by atoms with Crippen molar-refractivity contribution < 1.29 is 0 Å². The Morgan fingerprint density at radius 1 is 0.579 bits per heavy atom. The summed E-state index contributed by atoms with van der Waals surface area (Å²) < 4.78 is 0. The molecule has 0 spiro atoms. The molecule has 19 heavy (non-hydrogen) atoms. The van der Waals surface area contributed by atoms with Gasteiger partial charge in [-0.25, -0.2) is 0 Å². The van der Waals surface area contributed by atoms with Crippen molar-refractivity contribution in [2.45, 2.75) is 59.3 Å². The summed E-state index contributed by atoms with van der Waals surface area (Å²) in [6.45, 7) is 15.0. The van der Waals surface area contributed by atoms with Gasteiger partial charge in [0.05, 0.1) is 0 Å². The van der Waals surface area contributed by atoms with Crippen molar-refractivity contribution in [3.63, 3.8) is 0 Å². The van der Waals surface area contributed by atoms with Crippen LogP contribution in [-0.4, -0.2) is 50.7 Å². The summed E-state index contributed by atoms with van der Waals surface area (Å²) >= 11 is 0. The van der Waals surface area contributed by atoms with E-state index in [0.717, 1.165) is 13.1 Å². The third-order valence-electron chi connectivity index (χ3n) is 3.45. The smallest absolute Gasteiger partial charge is 0.0107 e. The molecule has 0 aromatic carbocycles. The number of rotatable bonds is 15. The Hall–Kier alpha value is -0.120. The van der Waals surface area contributed by atoms with Crippen LogP contribution in [0.1, 0.15) is 59.3 Å². The molecule has 0 aliphatic heterocycles. The van der Waals surface area contributed by atoms with Crippen molar-refractivity contribution in [3.8, 4) is 0 Å². The summed E-state index contributed by atoms with van der Waals surface area (Å²) in [5.41, 5.74) is 0. The number of nitrogens with zero attached hydrogens (tertiary/aromatic N) is 1. The van der Waals surface area contributed by atoms with Crippen LogP contribution in [-0.2, 0) is 0 Å². The maximum absolute atomic E-state index is 3.54. The Morgan fingerprint density at radius 3 is 1.47 bits per heavy atom. The molecule has 0 aliphatic carbocycles. The van der Waals surface area contributed by atoms with Gasteiger partial charge in [0.1, 0.15) is 0 Å². The van der Waals surface area contributed by atoms with Gasteiger partial charge in [-0.1, -0.05) is 40.0 Å². The number of hydrogen-bond donors (Lipinski definition) is 2. The Labute approximate surface area is 121 Å². The Kier molecular flexibility index (Phi) is 15.8. The molecular formula is C16H37N3. The number of nitrogens with one attached hydrogen (secondary N) is 2. The van der Waals surface area contributed by atoms with Gasteiger partial charge >= 0.3 is 0 Å². The second kappa shape index (κ2) is 15.9. The van der Waals surface area contributed by atoms with E-state index in [1.165, 1.54) is 71.2 Å². The highest BCUT2D eigenvalue weighted by atomic mass is 15.1. The fraction of sp³-hybridized carbons (Fsp3) is 1.00. The molecule has 116 valence electrons. The van der Waals surface area contributed by atoms with Gasteiger partial charge in [-0.15, -0.1) is 0 Å². The third kappa shape index (κ3) is 14.1. The summed E-state index contributed by atoms with van der Waals surface area (Å²) in [6, 6.07) is 0. The molecule has 0 aromatic heterocycles. The molecule has 0 rings (SSSR count). The first-order chi connectivity index (χ1) is 9.35. The summed E-state index contributed by atoms with van der Waals surface area (Å²) in [4.78, 5) is 2.60. The molecule has 0 saturated heterocycles. The molecule has 0 saturated carbocycles. The zero-order chi connectivity index (χ0) is 14.2. The zero-order valence-corrected chi connectivity index (χ0v) is 13.6. The molecule has 3 nitrogen and oxygen atoms in total. The quantitative estimate of drug-likeness (QED) is 0.449. The predicted molar refractivity (Wildman–Crippen MR) is 86.9 cm³/mol. The minimum absolute atomic E-state index is 1.14. The third-order valence-corrected chi connectivity index (χ3v) is 3.45. The number of unbranched alkanes of at least 4 members (excludes halogenated alkanes) is 3. The highest BCUT2D eigenvalue weighted by molar-refractivity contribution is 4.62. The minimum atomic E-state index is 1.14. The van der Waals surface area contributed by atoms with Crippen LogP contribution in [0.25, 0.3) is 0 Å². The van der Waals surface area contributed by atoms with Crippen molar-refractivity contribution >= 4 is 0 Å². The van der Waals surface area contributed by atoms with Crippen molar-refractivity contribution in [1.82, 2.24) is 15.5 Å². The van der Waals surface area contributed by atoms with Gasteiger partial charge in [0, 0.05) is 26.2 Å². The average Bonchev–Trinajstić information content (AvgIpc) is 2.43. The lowest BCUT2D eigenvalue weighted by Gasteiger charge is -2.22. The van der Waals surface area contributed by atoms with Crippen LogP contribution < -0.4 is 10.6 Å². The summed E-state index contributed by atoms with van der Waals surface area (Å²) in [7, 11) is 0. The lowest BCUT2D eigenvalue weighted by Crippen LogP contribution is -2.37. The lowest BCUT2D eigenvalue weighted by molar-refractivity contribution is 0.268. The van der Waals surface area contributed by atoms with E-state index < -0.39 is 0 Å². The van der Waals surface area contributed by atoms with Crippen molar-refractivity contribution in [2.75, 3.05) is 45.8 Å². The molecule has 0 unspecified atom stereocenters. The van der Waals surface area contributed by atoms with Gasteiger partial charge in [0.15, 0.2) is 0 Å². The predicted octanol–water partition coefficient (Wildman–Crippen LogP) is 2.87. The first-order valence-electron chi connectivity index (χ1n) is 8.48. The highest BCUT2D eigenvalue weighted by Gasteiger charge is 2.03. The van der Waals surface area contributed by atoms with E-state index in [9.17, 15) is 0 Å². The van der Waals surface area contributed by atoms with Gasteiger partial charge in [-0.2, -0.15) is 0 Å². The molecule has 0 aromatic rings. The topological polar surface area (TPSA) is 27.3 Å². The monoisotopic (exact) mass is 271 g/mol. The van der Waals surface area contributed by atoms with E-state index >= 15 is 0 Å². The standard InChI is InChI=1S/C16H37N3/c1-4-7-10-17-12-15-19(14-9-6-3)16-13-18-11-8-5-2/h17-18H,4-16H2,1-3H3. The SMILES string of the molecule is CCCCNCCN(CCCC)CCNCCCC. The Bertz CT molecular complexity index is 148. The van der Waals surface area contributed by atoms with E-state index in [4.69, 9.17) is 0 Å². The van der Waals surface area contributed by atoms with E-state index in [2.05, 4.69) is 36.3 Å². The summed E-state index contributed by atoms with van der Waals surface area (Å²) in [5.74, 6) is 0. The fourth-order valence-electron chi connectivity index (χ4n) is 2.05. The Morgan fingerprint density at radius 2 is 1.05 bits per heavy atom. The molecule has 0 fully saturated rings. The van der Waals surface area contributed by atoms with Gasteiger partial charge in [-0.3, -0.25) is 0 Å². The van der Waals surface area contributed by atoms with Crippen LogP contribution in [0.3, 0.4) is 0 Å². The van der Waals surface area contributed by atoms with Gasteiger partial charge in [-0.05, 0) is 38.9 Å². The second-order valence-corrected chi connectivity index (χ2v) is 5.40. The van der Waals surface area contributed by atoms with Gasteiger partial charge < -0.3 is 15.5 Å². The first-order valence-corrected chi connectivity index (χ1v) is 8.48. The normalized spacial score (nSPS) is 11.4. The van der Waals surface area contributed by atoms with E-state index in [1.807, 2.05) is 0 Å². The average molecular weight is 271 g/mol. The molecule has 0 heterocycles. The summed E-state index contributed by atoms with van der Waals surface area (Å²) in [5, 5.41) is 7.08. The molecule has 2 N–H and O–H groups in total. The van der Waals surface area contributed by atoms with Gasteiger partial charge in [0.25, 0.3) is 0 Å². The second-order valence-electron chi connectivity index (χ2n) is 5.40. The molecule has 0 bridgehead atoms. The largest absolute Gasteiger partial charge is 0.315 e. The molecule has 0 aliphatic rings.